The number of para-hydroxylation sites is 1. The van der Waals surface area contributed by atoms with Crippen molar-refractivity contribution in [3.8, 4) is 0 Å². The largest absolute Gasteiger partial charge is 0.326 e. The van der Waals surface area contributed by atoms with Crippen LogP contribution in [0.5, 0.6) is 0 Å². The van der Waals surface area contributed by atoms with E-state index >= 15 is 0 Å². The van der Waals surface area contributed by atoms with Crippen LogP contribution in [0.25, 0.3) is 0 Å². The van der Waals surface area contributed by atoms with Gasteiger partial charge in [0, 0.05) is 25.6 Å². The number of carbonyl (C=O) groups excluding carboxylic acids is 3. The van der Waals surface area contributed by atoms with Crippen molar-refractivity contribution in [3.63, 3.8) is 0 Å². The van der Waals surface area contributed by atoms with Crippen LogP contribution in [0, 0.1) is 11.8 Å². The number of amides is 3. The summed E-state index contributed by atoms with van der Waals surface area (Å²) in [5.74, 6) is -0.715. The lowest BCUT2D eigenvalue weighted by Gasteiger charge is -2.26. The van der Waals surface area contributed by atoms with Crippen LogP contribution < -0.4 is 10.2 Å². The van der Waals surface area contributed by atoms with Crippen LogP contribution in [0.1, 0.15) is 12.0 Å². The summed E-state index contributed by atoms with van der Waals surface area (Å²) in [4.78, 5) is 42.5. The zero-order valence-electron chi connectivity index (χ0n) is 15.6. The lowest BCUT2D eigenvalue weighted by molar-refractivity contribution is -0.733. The number of benzene rings is 1. The average Bonchev–Trinajstić information content (AvgIpc) is 3.22. The number of hydrogen-bond acceptors (Lipinski definition) is 4. The van der Waals surface area contributed by atoms with Crippen molar-refractivity contribution in [3.05, 3.63) is 42.5 Å². The van der Waals surface area contributed by atoms with Gasteiger partial charge in [-0.2, -0.15) is 11.8 Å². The van der Waals surface area contributed by atoms with Crippen LogP contribution >= 0.6 is 11.8 Å². The maximum Gasteiger partial charge on any atom is 0.294 e. The third-order valence-corrected chi connectivity index (χ3v) is 6.85. The predicted octanol–water partition coefficient (Wildman–Crippen LogP) is 0.344. The maximum absolute atomic E-state index is 13.7. The second-order valence-corrected chi connectivity index (χ2v) is 8.43. The minimum Gasteiger partial charge on any atom is -0.326 e. The van der Waals surface area contributed by atoms with Gasteiger partial charge in [0.1, 0.15) is 17.9 Å². The second-order valence-electron chi connectivity index (χ2n) is 7.44. The Balaban J connectivity index is 1.88. The number of nitrogens with zero attached hydrogens (tertiary/aromatic N) is 2. The molecule has 0 bridgehead atoms. The first-order valence-corrected chi connectivity index (χ1v) is 10.6. The Hall–Kier alpha value is -2.12. The molecule has 6 nitrogen and oxygen atoms in total. The molecule has 1 aromatic carbocycles. The molecule has 0 radical (unpaired) electrons. The number of carbonyl (C=O) groups is 3. The number of rotatable bonds is 5. The van der Waals surface area contributed by atoms with Gasteiger partial charge in [0.2, 0.25) is 17.4 Å². The SMILES string of the molecule is C=CCN1C(=O)[C@@]2([NH2+][C@H](CCSC)[C@H]3C(=O)N(C)C(=O)[C@@H]32)c2ccccc21. The highest BCUT2D eigenvalue weighted by Crippen LogP contribution is 2.51. The summed E-state index contributed by atoms with van der Waals surface area (Å²) in [7, 11) is 1.54. The fourth-order valence-corrected chi connectivity index (χ4v) is 5.59. The molecule has 2 fully saturated rings. The molecule has 2 N–H and O–H groups in total. The lowest BCUT2D eigenvalue weighted by Crippen LogP contribution is -2.99. The van der Waals surface area contributed by atoms with E-state index in [1.807, 2.05) is 35.8 Å². The molecule has 3 aliphatic heterocycles. The molecule has 1 aromatic rings. The van der Waals surface area contributed by atoms with Crippen LogP contribution in [0.4, 0.5) is 5.69 Å². The van der Waals surface area contributed by atoms with E-state index in [0.29, 0.717) is 6.54 Å². The van der Waals surface area contributed by atoms with Gasteiger partial charge in [-0.05, 0) is 18.1 Å². The quantitative estimate of drug-likeness (QED) is 0.585. The van der Waals surface area contributed by atoms with E-state index in [4.69, 9.17) is 0 Å². The molecule has 3 heterocycles. The van der Waals surface area contributed by atoms with Gasteiger partial charge in [-0.25, -0.2) is 0 Å². The summed E-state index contributed by atoms with van der Waals surface area (Å²) in [6.45, 7) is 4.16. The van der Waals surface area contributed by atoms with Crippen LogP contribution in [0.2, 0.25) is 0 Å². The van der Waals surface area contributed by atoms with Crippen molar-refractivity contribution in [2.24, 2.45) is 11.8 Å². The minimum atomic E-state index is -1.05. The first-order chi connectivity index (χ1) is 13.0. The Kier molecular flexibility index (Phi) is 4.39. The van der Waals surface area contributed by atoms with E-state index in [2.05, 4.69) is 6.58 Å². The third kappa shape index (κ3) is 2.28. The fourth-order valence-electron chi connectivity index (χ4n) is 5.09. The molecule has 142 valence electrons. The van der Waals surface area contributed by atoms with Crippen molar-refractivity contribution >= 4 is 35.2 Å². The summed E-state index contributed by atoms with van der Waals surface area (Å²) in [6, 6.07) is 7.55. The van der Waals surface area contributed by atoms with Gasteiger partial charge in [-0.3, -0.25) is 19.3 Å². The van der Waals surface area contributed by atoms with Crippen molar-refractivity contribution in [2.75, 3.05) is 30.5 Å². The van der Waals surface area contributed by atoms with Crippen molar-refractivity contribution in [1.82, 2.24) is 4.90 Å². The van der Waals surface area contributed by atoms with E-state index in [0.717, 1.165) is 23.4 Å². The second kappa shape index (κ2) is 6.49. The Morgan fingerprint density at radius 3 is 2.70 bits per heavy atom. The molecule has 27 heavy (non-hydrogen) atoms. The van der Waals surface area contributed by atoms with E-state index < -0.39 is 17.4 Å². The molecule has 1 spiro atoms. The van der Waals surface area contributed by atoms with E-state index in [-0.39, 0.29) is 23.8 Å². The number of quaternary nitrogens is 1. The Bertz CT molecular complexity index is 842. The molecule has 0 aromatic heterocycles. The van der Waals surface area contributed by atoms with Gasteiger partial charge in [-0.1, -0.05) is 24.3 Å². The van der Waals surface area contributed by atoms with Gasteiger partial charge in [0.15, 0.2) is 0 Å². The van der Waals surface area contributed by atoms with Gasteiger partial charge in [0.05, 0.1) is 5.69 Å². The van der Waals surface area contributed by atoms with Gasteiger partial charge < -0.3 is 10.2 Å². The molecule has 2 saturated heterocycles. The topological polar surface area (TPSA) is 74.3 Å². The number of imide groups is 1. The first-order valence-electron chi connectivity index (χ1n) is 9.17. The Morgan fingerprint density at radius 2 is 2.00 bits per heavy atom. The molecule has 4 atom stereocenters. The highest BCUT2D eigenvalue weighted by molar-refractivity contribution is 7.98. The lowest BCUT2D eigenvalue weighted by atomic mass is 9.76. The van der Waals surface area contributed by atoms with Crippen LogP contribution in [-0.2, 0) is 19.9 Å². The molecular weight excluding hydrogens is 362 g/mol. The van der Waals surface area contributed by atoms with E-state index in [1.165, 1.54) is 11.9 Å². The van der Waals surface area contributed by atoms with Crippen molar-refractivity contribution < 1.29 is 19.7 Å². The maximum atomic E-state index is 13.7. The molecule has 3 amide bonds. The summed E-state index contributed by atoms with van der Waals surface area (Å²) < 4.78 is 0. The Morgan fingerprint density at radius 1 is 1.26 bits per heavy atom. The number of anilines is 1. The predicted molar refractivity (Wildman–Crippen MR) is 104 cm³/mol. The summed E-state index contributed by atoms with van der Waals surface area (Å²) in [5.41, 5.74) is 0.609. The summed E-state index contributed by atoms with van der Waals surface area (Å²) >= 11 is 1.71. The van der Waals surface area contributed by atoms with Crippen LogP contribution in [0.3, 0.4) is 0 Å². The highest BCUT2D eigenvalue weighted by Gasteiger charge is 2.74. The monoisotopic (exact) mass is 386 g/mol. The van der Waals surface area contributed by atoms with Gasteiger partial charge in [-0.15, -0.1) is 6.58 Å². The number of fused-ring (bicyclic) bond motifs is 4. The average molecular weight is 386 g/mol. The molecule has 7 heteroatoms. The fraction of sp³-hybridized carbons (Fsp3) is 0.450. The zero-order valence-corrected chi connectivity index (χ0v) is 16.4. The van der Waals surface area contributed by atoms with E-state index in [9.17, 15) is 14.4 Å². The smallest absolute Gasteiger partial charge is 0.294 e. The molecule has 4 rings (SSSR count). The summed E-state index contributed by atoms with van der Waals surface area (Å²) in [5, 5.41) is 2.02. The van der Waals surface area contributed by atoms with Gasteiger partial charge >= 0.3 is 0 Å². The number of likely N-dealkylation sites (tertiary alicyclic amines) is 1. The summed E-state index contributed by atoms with van der Waals surface area (Å²) in [6.07, 6.45) is 4.50. The highest BCUT2D eigenvalue weighted by atomic mass is 32.2. The van der Waals surface area contributed by atoms with Crippen molar-refractivity contribution in [1.29, 1.82) is 0 Å². The van der Waals surface area contributed by atoms with Crippen LogP contribution in [0.15, 0.2) is 36.9 Å². The van der Waals surface area contributed by atoms with Crippen molar-refractivity contribution in [2.45, 2.75) is 18.0 Å². The third-order valence-electron chi connectivity index (χ3n) is 6.21. The standard InChI is InChI=1S/C20H23N3O3S/c1-4-10-23-14-8-6-5-7-12(14)20(19(23)26)16-15(13(21-20)9-11-27-3)17(24)22(2)18(16)25/h4-8,13,15-16,21H,1,9-11H2,2-3H3/p+1/t13-,15-,16-,20-/m1/s1. The number of thioether (sulfide) groups is 1. The first kappa shape index (κ1) is 18.3. The van der Waals surface area contributed by atoms with E-state index in [1.54, 1.807) is 22.7 Å². The molecule has 0 unspecified atom stereocenters. The molecule has 0 saturated carbocycles. The van der Waals surface area contributed by atoms with Gasteiger partial charge in [0.25, 0.3) is 5.91 Å². The van der Waals surface area contributed by atoms with Crippen LogP contribution in [-0.4, -0.2) is 54.3 Å². The zero-order chi connectivity index (χ0) is 19.3. The molecule has 0 aliphatic carbocycles. The normalized spacial score (nSPS) is 31.8. The number of nitrogens with two attached hydrogens (primary N) is 1. The number of hydrogen-bond donors (Lipinski definition) is 1. The molecule has 3 aliphatic rings. The minimum absolute atomic E-state index is 0.0791. The Labute approximate surface area is 163 Å². The molecular formula is C20H24N3O3S+.